The molecule has 2 unspecified atom stereocenters. The lowest BCUT2D eigenvalue weighted by atomic mass is 10.1. The zero-order valence-corrected chi connectivity index (χ0v) is 11.5. The van der Waals surface area contributed by atoms with Crippen molar-refractivity contribution in [1.82, 2.24) is 5.32 Å². The molecule has 0 heterocycles. The summed E-state index contributed by atoms with van der Waals surface area (Å²) in [4.78, 5) is 0. The third-order valence-corrected chi connectivity index (χ3v) is 2.61. The first-order chi connectivity index (χ1) is 8.06. The molecule has 0 aliphatic rings. The molecule has 4 heteroatoms. The van der Waals surface area contributed by atoms with Crippen LogP contribution in [0.3, 0.4) is 0 Å². The Bertz CT molecular complexity index is 165. The van der Waals surface area contributed by atoms with Crippen LogP contribution in [0, 0.1) is 5.92 Å². The molecule has 0 saturated heterocycles. The quantitative estimate of drug-likeness (QED) is 0.480. The average molecular weight is 247 g/mol. The van der Waals surface area contributed by atoms with Crippen molar-refractivity contribution in [2.45, 2.75) is 52.2 Å². The first-order valence-corrected chi connectivity index (χ1v) is 6.70. The lowest BCUT2D eigenvalue weighted by Crippen LogP contribution is -2.35. The fourth-order valence-electron chi connectivity index (χ4n) is 1.43. The van der Waals surface area contributed by atoms with Crippen LogP contribution in [0.2, 0.25) is 0 Å². The van der Waals surface area contributed by atoms with Crippen molar-refractivity contribution < 1.29 is 14.9 Å². The second kappa shape index (κ2) is 11.0. The highest BCUT2D eigenvalue weighted by molar-refractivity contribution is 4.62. The van der Waals surface area contributed by atoms with E-state index in [2.05, 4.69) is 19.2 Å². The molecule has 104 valence electrons. The highest BCUT2D eigenvalue weighted by Crippen LogP contribution is 2.03. The predicted octanol–water partition coefficient (Wildman–Crippen LogP) is 1.16. The molecule has 2 atom stereocenters. The van der Waals surface area contributed by atoms with E-state index in [1.807, 2.05) is 6.92 Å². The Morgan fingerprint density at radius 1 is 1.12 bits per heavy atom. The molecule has 0 amide bonds. The second-order valence-electron chi connectivity index (χ2n) is 4.99. The van der Waals surface area contributed by atoms with Crippen LogP contribution >= 0.6 is 0 Å². The van der Waals surface area contributed by atoms with Crippen molar-refractivity contribution in [3.05, 3.63) is 0 Å². The van der Waals surface area contributed by atoms with Gasteiger partial charge in [0.1, 0.15) is 0 Å². The van der Waals surface area contributed by atoms with E-state index >= 15 is 0 Å². The SMILES string of the molecule is CCC(O)CNCC(O)COCCCC(C)C. The number of nitrogens with one attached hydrogen (secondary N) is 1. The van der Waals surface area contributed by atoms with Crippen LogP contribution in [0.1, 0.15) is 40.0 Å². The number of ether oxygens (including phenoxy) is 1. The number of aliphatic hydroxyl groups excluding tert-OH is 2. The van der Waals surface area contributed by atoms with E-state index in [0.29, 0.717) is 32.2 Å². The Hall–Kier alpha value is -0.160. The minimum Gasteiger partial charge on any atom is -0.392 e. The Morgan fingerprint density at radius 3 is 2.35 bits per heavy atom. The third kappa shape index (κ3) is 12.1. The van der Waals surface area contributed by atoms with Gasteiger partial charge in [0.15, 0.2) is 0 Å². The Kier molecular flexibility index (Phi) is 10.9. The lowest BCUT2D eigenvalue weighted by molar-refractivity contribution is 0.0331. The zero-order chi connectivity index (χ0) is 13.1. The van der Waals surface area contributed by atoms with E-state index in [0.717, 1.165) is 19.3 Å². The van der Waals surface area contributed by atoms with Crippen LogP contribution in [0.4, 0.5) is 0 Å². The summed E-state index contributed by atoms with van der Waals surface area (Å²) in [6.07, 6.45) is 2.13. The molecule has 0 aromatic heterocycles. The summed E-state index contributed by atoms with van der Waals surface area (Å²) in [5.41, 5.74) is 0. The first kappa shape index (κ1) is 16.8. The molecule has 0 fully saturated rings. The van der Waals surface area contributed by atoms with E-state index in [4.69, 9.17) is 4.74 Å². The van der Waals surface area contributed by atoms with Gasteiger partial charge in [-0.1, -0.05) is 20.8 Å². The first-order valence-electron chi connectivity index (χ1n) is 6.70. The van der Waals surface area contributed by atoms with E-state index in [1.54, 1.807) is 0 Å². The van der Waals surface area contributed by atoms with Crippen molar-refractivity contribution >= 4 is 0 Å². The van der Waals surface area contributed by atoms with Crippen molar-refractivity contribution in [3.63, 3.8) is 0 Å². The van der Waals surface area contributed by atoms with Crippen LogP contribution in [0.25, 0.3) is 0 Å². The normalized spacial score (nSPS) is 15.2. The van der Waals surface area contributed by atoms with Gasteiger partial charge < -0.3 is 20.3 Å². The maximum atomic E-state index is 9.57. The number of hydrogen-bond donors (Lipinski definition) is 3. The molecule has 17 heavy (non-hydrogen) atoms. The molecule has 3 N–H and O–H groups in total. The molecule has 0 aromatic rings. The van der Waals surface area contributed by atoms with Gasteiger partial charge in [0.25, 0.3) is 0 Å². The molecule has 0 aromatic carbocycles. The molecule has 4 nitrogen and oxygen atoms in total. The van der Waals surface area contributed by atoms with Crippen LogP contribution in [-0.4, -0.2) is 48.7 Å². The fourth-order valence-corrected chi connectivity index (χ4v) is 1.43. The average Bonchev–Trinajstić information content (AvgIpc) is 2.27. The van der Waals surface area contributed by atoms with Gasteiger partial charge >= 0.3 is 0 Å². The molecule has 0 aliphatic carbocycles. The van der Waals surface area contributed by atoms with Gasteiger partial charge in [-0.15, -0.1) is 0 Å². The highest BCUT2D eigenvalue weighted by atomic mass is 16.5. The number of aliphatic hydroxyl groups is 2. The Morgan fingerprint density at radius 2 is 1.76 bits per heavy atom. The largest absolute Gasteiger partial charge is 0.392 e. The summed E-state index contributed by atoms with van der Waals surface area (Å²) >= 11 is 0. The number of hydrogen-bond acceptors (Lipinski definition) is 4. The minimum atomic E-state index is -0.488. The number of rotatable bonds is 11. The van der Waals surface area contributed by atoms with Crippen LogP contribution < -0.4 is 5.32 Å². The summed E-state index contributed by atoms with van der Waals surface area (Å²) < 4.78 is 5.38. The molecule has 0 saturated carbocycles. The minimum absolute atomic E-state index is 0.325. The second-order valence-corrected chi connectivity index (χ2v) is 4.99. The predicted molar refractivity (Wildman–Crippen MR) is 70.1 cm³/mol. The maximum absolute atomic E-state index is 9.57. The van der Waals surface area contributed by atoms with Gasteiger partial charge in [0, 0.05) is 19.7 Å². The fraction of sp³-hybridized carbons (Fsp3) is 1.00. The molecular formula is C13H29NO3. The van der Waals surface area contributed by atoms with E-state index in [-0.39, 0.29) is 6.10 Å². The molecule has 0 rings (SSSR count). The van der Waals surface area contributed by atoms with Gasteiger partial charge in [-0.3, -0.25) is 0 Å². The summed E-state index contributed by atoms with van der Waals surface area (Å²) in [6.45, 7) is 8.40. The topological polar surface area (TPSA) is 61.7 Å². The van der Waals surface area contributed by atoms with Crippen molar-refractivity contribution in [2.24, 2.45) is 5.92 Å². The van der Waals surface area contributed by atoms with Crippen molar-refractivity contribution in [1.29, 1.82) is 0 Å². The summed E-state index contributed by atoms with van der Waals surface area (Å²) in [6, 6.07) is 0. The van der Waals surface area contributed by atoms with Crippen LogP contribution in [0.5, 0.6) is 0 Å². The summed E-state index contributed by atoms with van der Waals surface area (Å²) in [5, 5.41) is 21.9. The molecule has 0 bridgehead atoms. The summed E-state index contributed by atoms with van der Waals surface area (Å²) in [5.74, 6) is 0.709. The lowest BCUT2D eigenvalue weighted by Gasteiger charge is -2.14. The van der Waals surface area contributed by atoms with Gasteiger partial charge in [-0.25, -0.2) is 0 Å². The monoisotopic (exact) mass is 247 g/mol. The standard InChI is InChI=1S/C13H29NO3/c1-4-12(15)8-14-9-13(16)10-17-7-5-6-11(2)3/h11-16H,4-10H2,1-3H3. The van der Waals surface area contributed by atoms with Crippen molar-refractivity contribution in [3.8, 4) is 0 Å². The van der Waals surface area contributed by atoms with Gasteiger partial charge in [0.05, 0.1) is 18.8 Å². The zero-order valence-electron chi connectivity index (χ0n) is 11.5. The maximum Gasteiger partial charge on any atom is 0.0897 e. The van der Waals surface area contributed by atoms with Gasteiger partial charge in [-0.2, -0.15) is 0 Å². The van der Waals surface area contributed by atoms with E-state index < -0.39 is 6.10 Å². The van der Waals surface area contributed by atoms with Gasteiger partial charge in [0.2, 0.25) is 0 Å². The van der Waals surface area contributed by atoms with Gasteiger partial charge in [-0.05, 0) is 25.2 Å². The van der Waals surface area contributed by atoms with E-state index in [9.17, 15) is 10.2 Å². The van der Waals surface area contributed by atoms with Crippen molar-refractivity contribution in [2.75, 3.05) is 26.3 Å². The van der Waals surface area contributed by atoms with E-state index in [1.165, 1.54) is 0 Å². The Balaban J connectivity index is 3.26. The molecule has 0 spiro atoms. The molecular weight excluding hydrogens is 218 g/mol. The smallest absolute Gasteiger partial charge is 0.0897 e. The van der Waals surface area contributed by atoms with Crippen LogP contribution in [-0.2, 0) is 4.74 Å². The van der Waals surface area contributed by atoms with Crippen LogP contribution in [0.15, 0.2) is 0 Å². The summed E-state index contributed by atoms with van der Waals surface area (Å²) in [7, 11) is 0. The Labute approximate surface area is 105 Å². The third-order valence-electron chi connectivity index (χ3n) is 2.61. The molecule has 0 radical (unpaired) electrons. The highest BCUT2D eigenvalue weighted by Gasteiger charge is 2.05. The molecule has 0 aliphatic heterocycles.